The van der Waals surface area contributed by atoms with Crippen molar-refractivity contribution in [3.05, 3.63) is 29.8 Å². The highest BCUT2D eigenvalue weighted by molar-refractivity contribution is 5.87. The fourth-order valence-corrected chi connectivity index (χ4v) is 2.81. The third-order valence-electron chi connectivity index (χ3n) is 4.22. The lowest BCUT2D eigenvalue weighted by Crippen LogP contribution is -2.24. The van der Waals surface area contributed by atoms with Crippen LogP contribution in [-0.2, 0) is 0 Å². The van der Waals surface area contributed by atoms with Gasteiger partial charge in [0, 0.05) is 13.1 Å². The molecule has 1 fully saturated rings. The monoisotopic (exact) mass is 291 g/mol. The van der Waals surface area contributed by atoms with Gasteiger partial charge >= 0.3 is 5.97 Å². The largest absolute Gasteiger partial charge is 0.494 e. The van der Waals surface area contributed by atoms with Gasteiger partial charge in [-0.2, -0.15) is 0 Å². The van der Waals surface area contributed by atoms with Crippen LogP contribution in [0, 0.1) is 11.8 Å². The summed E-state index contributed by atoms with van der Waals surface area (Å²) < 4.78 is 5.64. The first kappa shape index (κ1) is 15.8. The van der Waals surface area contributed by atoms with E-state index < -0.39 is 5.97 Å². The summed E-state index contributed by atoms with van der Waals surface area (Å²) in [6.45, 7) is 8.68. The van der Waals surface area contributed by atoms with Crippen molar-refractivity contribution in [1.82, 2.24) is 4.90 Å². The van der Waals surface area contributed by atoms with Crippen LogP contribution >= 0.6 is 0 Å². The lowest BCUT2D eigenvalue weighted by molar-refractivity contribution is 0.0696. The molecule has 0 bridgehead atoms. The predicted octanol–water partition coefficient (Wildman–Crippen LogP) is 3.13. The number of rotatable bonds is 7. The molecule has 4 nitrogen and oxygen atoms in total. The van der Waals surface area contributed by atoms with Gasteiger partial charge in [-0.05, 0) is 49.4 Å². The van der Waals surface area contributed by atoms with Crippen molar-refractivity contribution in [2.24, 2.45) is 11.8 Å². The number of aromatic carboxylic acids is 1. The van der Waals surface area contributed by atoms with Crippen LogP contribution in [0.2, 0.25) is 0 Å². The molecule has 1 heterocycles. The van der Waals surface area contributed by atoms with Crippen molar-refractivity contribution < 1.29 is 14.6 Å². The van der Waals surface area contributed by atoms with Crippen molar-refractivity contribution in [3.63, 3.8) is 0 Å². The lowest BCUT2D eigenvalue weighted by Gasteiger charge is -2.17. The number of carboxylic acid groups (broad SMARTS) is 1. The first-order valence-electron chi connectivity index (χ1n) is 7.75. The second kappa shape index (κ2) is 7.46. The second-order valence-electron chi connectivity index (χ2n) is 6.13. The van der Waals surface area contributed by atoms with Gasteiger partial charge in [0.2, 0.25) is 0 Å². The fourth-order valence-electron chi connectivity index (χ4n) is 2.81. The zero-order chi connectivity index (χ0) is 15.2. The average Bonchev–Trinajstić information content (AvgIpc) is 2.93. The SMILES string of the molecule is CC(C)C1CCN(CCCOc2cccc(C(=O)O)c2)C1. The Labute approximate surface area is 126 Å². The first-order valence-corrected chi connectivity index (χ1v) is 7.75. The molecule has 1 unspecified atom stereocenters. The maximum Gasteiger partial charge on any atom is 0.335 e. The van der Waals surface area contributed by atoms with E-state index in [-0.39, 0.29) is 5.56 Å². The number of likely N-dealkylation sites (tertiary alicyclic amines) is 1. The summed E-state index contributed by atoms with van der Waals surface area (Å²) in [6, 6.07) is 6.67. The molecule has 1 saturated heterocycles. The summed E-state index contributed by atoms with van der Waals surface area (Å²) in [4.78, 5) is 13.4. The van der Waals surface area contributed by atoms with Crippen molar-refractivity contribution in [3.8, 4) is 5.75 Å². The van der Waals surface area contributed by atoms with Crippen molar-refractivity contribution in [1.29, 1.82) is 0 Å². The Hall–Kier alpha value is -1.55. The van der Waals surface area contributed by atoms with E-state index in [0.717, 1.165) is 24.8 Å². The molecule has 1 aliphatic heterocycles. The number of hydrogen-bond acceptors (Lipinski definition) is 3. The van der Waals surface area contributed by atoms with E-state index in [9.17, 15) is 4.79 Å². The van der Waals surface area contributed by atoms with Crippen LogP contribution in [0.3, 0.4) is 0 Å². The Balaban J connectivity index is 1.68. The van der Waals surface area contributed by atoms with Gasteiger partial charge in [-0.15, -0.1) is 0 Å². The standard InChI is InChI=1S/C17H25NO3/c1-13(2)15-7-9-18(12-15)8-4-10-21-16-6-3-5-14(11-16)17(19)20/h3,5-6,11,13,15H,4,7-10,12H2,1-2H3,(H,19,20). The van der Waals surface area contributed by atoms with E-state index in [2.05, 4.69) is 18.7 Å². The second-order valence-corrected chi connectivity index (χ2v) is 6.13. The summed E-state index contributed by atoms with van der Waals surface area (Å²) >= 11 is 0. The molecule has 1 N–H and O–H groups in total. The third kappa shape index (κ3) is 4.74. The smallest absolute Gasteiger partial charge is 0.335 e. The van der Waals surface area contributed by atoms with E-state index in [1.54, 1.807) is 24.3 Å². The topological polar surface area (TPSA) is 49.8 Å². The highest BCUT2D eigenvalue weighted by atomic mass is 16.5. The summed E-state index contributed by atoms with van der Waals surface area (Å²) in [7, 11) is 0. The number of nitrogens with zero attached hydrogens (tertiary/aromatic N) is 1. The van der Waals surface area contributed by atoms with E-state index in [1.807, 2.05) is 0 Å². The summed E-state index contributed by atoms with van der Waals surface area (Å²) in [5.74, 6) is 1.32. The summed E-state index contributed by atoms with van der Waals surface area (Å²) in [5.41, 5.74) is 0.270. The molecule has 0 spiro atoms. The minimum absolute atomic E-state index is 0.270. The lowest BCUT2D eigenvalue weighted by atomic mass is 9.95. The molecule has 1 aromatic carbocycles. The first-order chi connectivity index (χ1) is 10.1. The van der Waals surface area contributed by atoms with Gasteiger partial charge in [-0.25, -0.2) is 4.79 Å². The van der Waals surface area contributed by atoms with Gasteiger partial charge in [0.15, 0.2) is 0 Å². The minimum atomic E-state index is -0.919. The molecule has 1 atom stereocenters. The number of carboxylic acids is 1. The molecule has 4 heteroatoms. The van der Waals surface area contributed by atoms with Crippen molar-refractivity contribution in [2.45, 2.75) is 26.7 Å². The average molecular weight is 291 g/mol. The molecule has 116 valence electrons. The Morgan fingerprint density at radius 2 is 2.29 bits per heavy atom. The van der Waals surface area contributed by atoms with Crippen LogP contribution in [0.5, 0.6) is 5.75 Å². The third-order valence-corrected chi connectivity index (χ3v) is 4.22. The molecule has 1 aliphatic rings. The quantitative estimate of drug-likeness (QED) is 0.784. The Bertz CT molecular complexity index is 473. The molecule has 0 saturated carbocycles. The molecule has 21 heavy (non-hydrogen) atoms. The highest BCUT2D eigenvalue weighted by Crippen LogP contribution is 2.23. The fraction of sp³-hybridized carbons (Fsp3) is 0.588. The van der Waals surface area contributed by atoms with Gasteiger partial charge in [-0.3, -0.25) is 0 Å². The zero-order valence-electron chi connectivity index (χ0n) is 12.9. The summed E-state index contributed by atoms with van der Waals surface area (Å²) in [5, 5.41) is 8.93. The van der Waals surface area contributed by atoms with Crippen LogP contribution in [0.4, 0.5) is 0 Å². The van der Waals surface area contributed by atoms with Crippen LogP contribution < -0.4 is 4.74 Å². The number of hydrogen-bond donors (Lipinski definition) is 1. The number of benzene rings is 1. The molecule has 0 radical (unpaired) electrons. The van der Waals surface area contributed by atoms with E-state index in [1.165, 1.54) is 19.5 Å². The van der Waals surface area contributed by atoms with E-state index in [0.29, 0.717) is 12.4 Å². The molecular weight excluding hydrogens is 266 g/mol. The minimum Gasteiger partial charge on any atom is -0.494 e. The van der Waals surface area contributed by atoms with E-state index >= 15 is 0 Å². The van der Waals surface area contributed by atoms with E-state index in [4.69, 9.17) is 9.84 Å². The Morgan fingerprint density at radius 3 is 2.95 bits per heavy atom. The molecule has 0 aliphatic carbocycles. The van der Waals surface area contributed by atoms with Crippen LogP contribution in [-0.4, -0.2) is 42.2 Å². The van der Waals surface area contributed by atoms with Crippen LogP contribution in [0.1, 0.15) is 37.0 Å². The highest BCUT2D eigenvalue weighted by Gasteiger charge is 2.24. The van der Waals surface area contributed by atoms with Crippen LogP contribution in [0.15, 0.2) is 24.3 Å². The molecule has 0 aromatic heterocycles. The van der Waals surface area contributed by atoms with Gasteiger partial charge in [-0.1, -0.05) is 19.9 Å². The van der Waals surface area contributed by atoms with Gasteiger partial charge in [0.05, 0.1) is 12.2 Å². The van der Waals surface area contributed by atoms with Crippen molar-refractivity contribution >= 4 is 5.97 Å². The molecular formula is C17H25NO3. The molecule has 0 amide bonds. The maximum absolute atomic E-state index is 10.9. The number of ether oxygens (including phenoxy) is 1. The zero-order valence-corrected chi connectivity index (χ0v) is 12.9. The van der Waals surface area contributed by atoms with Gasteiger partial charge in [0.1, 0.15) is 5.75 Å². The van der Waals surface area contributed by atoms with Crippen LogP contribution in [0.25, 0.3) is 0 Å². The van der Waals surface area contributed by atoms with Gasteiger partial charge < -0.3 is 14.7 Å². The molecule has 2 rings (SSSR count). The Kier molecular flexibility index (Phi) is 5.62. The molecule has 1 aromatic rings. The van der Waals surface area contributed by atoms with Gasteiger partial charge in [0.25, 0.3) is 0 Å². The Morgan fingerprint density at radius 1 is 1.48 bits per heavy atom. The summed E-state index contributed by atoms with van der Waals surface area (Å²) in [6.07, 6.45) is 2.28. The predicted molar refractivity (Wildman–Crippen MR) is 82.9 cm³/mol. The van der Waals surface area contributed by atoms with Crippen molar-refractivity contribution in [2.75, 3.05) is 26.2 Å². The maximum atomic E-state index is 10.9. The number of carbonyl (C=O) groups is 1. The normalized spacial score (nSPS) is 19.1.